The second-order valence-electron chi connectivity index (χ2n) is 5.26. The second-order valence-corrected chi connectivity index (χ2v) is 7.03. The Labute approximate surface area is 123 Å². The molecule has 8 nitrogen and oxygen atoms in total. The number of aromatic nitrogens is 1. The van der Waals surface area contributed by atoms with Crippen LogP contribution in [-0.4, -0.2) is 43.6 Å². The summed E-state index contributed by atoms with van der Waals surface area (Å²) in [6.07, 6.45) is 1.29. The van der Waals surface area contributed by atoms with E-state index in [0.717, 1.165) is 0 Å². The molecule has 0 aliphatic rings. The zero-order chi connectivity index (χ0) is 16.4. The van der Waals surface area contributed by atoms with Crippen molar-refractivity contribution in [3.8, 4) is 0 Å². The molecular weight excluding hydrogens is 298 g/mol. The van der Waals surface area contributed by atoms with E-state index in [1.165, 1.54) is 37.7 Å². The van der Waals surface area contributed by atoms with Crippen LogP contribution in [-0.2, 0) is 21.9 Å². The van der Waals surface area contributed by atoms with Crippen molar-refractivity contribution in [2.75, 3.05) is 13.6 Å². The van der Waals surface area contributed by atoms with Gasteiger partial charge in [0.1, 0.15) is 10.6 Å². The van der Waals surface area contributed by atoms with Crippen molar-refractivity contribution in [3.63, 3.8) is 0 Å². The Morgan fingerprint density at radius 2 is 1.95 bits per heavy atom. The maximum atomic E-state index is 12.1. The summed E-state index contributed by atoms with van der Waals surface area (Å²) < 4.78 is 27.9. The minimum atomic E-state index is -3.88. The molecule has 0 aliphatic carbocycles. The fourth-order valence-corrected chi connectivity index (χ4v) is 2.75. The molecule has 0 aliphatic heterocycles. The van der Waals surface area contributed by atoms with E-state index < -0.39 is 27.3 Å². The molecule has 0 saturated heterocycles. The lowest BCUT2D eigenvalue weighted by Crippen LogP contribution is -2.38. The Morgan fingerprint density at radius 1 is 1.38 bits per heavy atom. The van der Waals surface area contributed by atoms with Crippen molar-refractivity contribution >= 4 is 21.9 Å². The Bertz CT molecular complexity index is 660. The summed E-state index contributed by atoms with van der Waals surface area (Å²) in [5.74, 6) is -1.52. The number of carboxylic acid groups (broad SMARTS) is 1. The number of carbonyl (C=O) groups is 2. The van der Waals surface area contributed by atoms with E-state index in [9.17, 15) is 18.0 Å². The SMILES string of the molecule is CNC(=O)c1cc(S(=O)(=O)NCC(C)(C)C(=O)O)cn1C. The van der Waals surface area contributed by atoms with E-state index in [1.807, 2.05) is 0 Å². The number of hydrogen-bond donors (Lipinski definition) is 3. The van der Waals surface area contributed by atoms with E-state index >= 15 is 0 Å². The second kappa shape index (κ2) is 5.86. The van der Waals surface area contributed by atoms with Crippen LogP contribution in [0.25, 0.3) is 0 Å². The Hall–Kier alpha value is -1.87. The largest absolute Gasteiger partial charge is 0.481 e. The van der Waals surface area contributed by atoms with Crippen molar-refractivity contribution in [1.82, 2.24) is 14.6 Å². The molecule has 118 valence electrons. The number of hydrogen-bond acceptors (Lipinski definition) is 4. The lowest BCUT2D eigenvalue weighted by Gasteiger charge is -2.19. The van der Waals surface area contributed by atoms with Gasteiger partial charge in [0.15, 0.2) is 0 Å². The molecule has 0 radical (unpaired) electrons. The van der Waals surface area contributed by atoms with Gasteiger partial charge in [-0.25, -0.2) is 13.1 Å². The van der Waals surface area contributed by atoms with Gasteiger partial charge in [-0.1, -0.05) is 0 Å². The number of sulfonamides is 1. The summed E-state index contributed by atoms with van der Waals surface area (Å²) in [6, 6.07) is 1.23. The van der Waals surface area contributed by atoms with Gasteiger partial charge in [-0.2, -0.15) is 0 Å². The third kappa shape index (κ3) is 3.82. The first-order valence-electron chi connectivity index (χ1n) is 6.13. The third-order valence-electron chi connectivity index (χ3n) is 3.03. The number of rotatable bonds is 6. The van der Waals surface area contributed by atoms with Crippen LogP contribution in [0.2, 0.25) is 0 Å². The highest BCUT2D eigenvalue weighted by Crippen LogP contribution is 2.17. The summed E-state index contributed by atoms with van der Waals surface area (Å²) in [5, 5.41) is 11.4. The van der Waals surface area contributed by atoms with Gasteiger partial charge in [0, 0.05) is 26.8 Å². The zero-order valence-corrected chi connectivity index (χ0v) is 13.1. The summed E-state index contributed by atoms with van der Waals surface area (Å²) >= 11 is 0. The highest BCUT2D eigenvalue weighted by Gasteiger charge is 2.30. The van der Waals surface area contributed by atoms with E-state index in [4.69, 9.17) is 5.11 Å². The zero-order valence-electron chi connectivity index (χ0n) is 12.3. The van der Waals surface area contributed by atoms with E-state index in [-0.39, 0.29) is 17.1 Å². The fourth-order valence-electron chi connectivity index (χ4n) is 1.47. The van der Waals surface area contributed by atoms with Crippen LogP contribution >= 0.6 is 0 Å². The molecule has 1 aromatic rings. The Kier molecular flexibility index (Phi) is 4.79. The molecule has 9 heteroatoms. The van der Waals surface area contributed by atoms with Crippen LogP contribution in [0, 0.1) is 5.41 Å². The first-order chi connectivity index (χ1) is 9.51. The highest BCUT2D eigenvalue weighted by molar-refractivity contribution is 7.89. The molecule has 0 atom stereocenters. The third-order valence-corrected chi connectivity index (χ3v) is 4.40. The number of nitrogens with zero attached hydrogens (tertiary/aromatic N) is 1. The first-order valence-corrected chi connectivity index (χ1v) is 7.61. The number of nitrogens with one attached hydrogen (secondary N) is 2. The number of aryl methyl sites for hydroxylation is 1. The first kappa shape index (κ1) is 17.2. The normalized spacial score (nSPS) is 12.2. The van der Waals surface area contributed by atoms with E-state index in [0.29, 0.717) is 0 Å². The summed E-state index contributed by atoms with van der Waals surface area (Å²) in [5.41, 5.74) is -1.04. The van der Waals surface area contributed by atoms with Crippen LogP contribution in [0.5, 0.6) is 0 Å². The maximum Gasteiger partial charge on any atom is 0.310 e. The van der Waals surface area contributed by atoms with Gasteiger partial charge in [-0.15, -0.1) is 0 Å². The molecule has 1 heterocycles. The van der Waals surface area contributed by atoms with Gasteiger partial charge in [0.05, 0.1) is 5.41 Å². The summed E-state index contributed by atoms with van der Waals surface area (Å²) in [4.78, 5) is 22.4. The van der Waals surface area contributed by atoms with E-state index in [2.05, 4.69) is 10.0 Å². The molecule has 1 amide bonds. The smallest absolute Gasteiger partial charge is 0.310 e. The molecule has 0 saturated carbocycles. The summed E-state index contributed by atoms with van der Waals surface area (Å²) in [7, 11) is -0.897. The quantitative estimate of drug-likeness (QED) is 0.670. The van der Waals surface area contributed by atoms with Crippen molar-refractivity contribution in [2.45, 2.75) is 18.7 Å². The van der Waals surface area contributed by atoms with Crippen LogP contribution in [0.4, 0.5) is 0 Å². The van der Waals surface area contributed by atoms with Crippen molar-refractivity contribution in [2.24, 2.45) is 12.5 Å². The van der Waals surface area contributed by atoms with Crippen LogP contribution in [0.1, 0.15) is 24.3 Å². The van der Waals surface area contributed by atoms with Crippen molar-refractivity contribution in [1.29, 1.82) is 0 Å². The topological polar surface area (TPSA) is 118 Å². The average Bonchev–Trinajstić information content (AvgIpc) is 2.78. The number of aliphatic carboxylic acids is 1. The van der Waals surface area contributed by atoms with Crippen LogP contribution in [0.15, 0.2) is 17.2 Å². The van der Waals surface area contributed by atoms with Crippen LogP contribution in [0.3, 0.4) is 0 Å². The molecule has 1 aromatic heterocycles. The lowest BCUT2D eigenvalue weighted by molar-refractivity contribution is -0.146. The van der Waals surface area contributed by atoms with Gasteiger partial charge < -0.3 is 15.0 Å². The molecule has 1 rings (SSSR count). The van der Waals surface area contributed by atoms with Gasteiger partial charge in [0.25, 0.3) is 5.91 Å². The molecule has 0 bridgehead atoms. The molecule has 21 heavy (non-hydrogen) atoms. The van der Waals surface area contributed by atoms with Gasteiger partial charge in [0.2, 0.25) is 10.0 Å². The predicted molar refractivity (Wildman–Crippen MR) is 75.4 cm³/mol. The summed E-state index contributed by atoms with van der Waals surface area (Å²) in [6.45, 7) is 2.58. The monoisotopic (exact) mass is 317 g/mol. The molecule has 0 unspecified atom stereocenters. The Balaban J connectivity index is 2.99. The minimum absolute atomic E-state index is 0.0928. The van der Waals surface area contributed by atoms with Crippen molar-refractivity contribution in [3.05, 3.63) is 18.0 Å². The average molecular weight is 317 g/mol. The predicted octanol–water partition coefficient (Wildman–Crippen LogP) is -0.226. The molecule has 0 spiro atoms. The molecular formula is C12H19N3O5S. The van der Waals surface area contributed by atoms with Gasteiger partial charge >= 0.3 is 5.97 Å². The Morgan fingerprint density at radius 3 is 2.43 bits per heavy atom. The minimum Gasteiger partial charge on any atom is -0.481 e. The van der Waals surface area contributed by atoms with Gasteiger partial charge in [-0.3, -0.25) is 9.59 Å². The fraction of sp³-hybridized carbons (Fsp3) is 0.500. The van der Waals surface area contributed by atoms with Gasteiger partial charge in [-0.05, 0) is 19.9 Å². The molecule has 0 fully saturated rings. The lowest BCUT2D eigenvalue weighted by atomic mass is 9.95. The van der Waals surface area contributed by atoms with Crippen molar-refractivity contribution < 1.29 is 23.1 Å². The number of carboxylic acids is 1. The highest BCUT2D eigenvalue weighted by atomic mass is 32.2. The standard InChI is InChI=1S/C12H19N3O5S/c1-12(2,11(17)18)7-14-21(19,20)8-5-9(10(16)13-3)15(4)6-8/h5-6,14H,7H2,1-4H3,(H,13,16)(H,17,18). The number of amides is 1. The molecule has 0 aromatic carbocycles. The molecule has 3 N–H and O–H groups in total. The maximum absolute atomic E-state index is 12.1. The number of carbonyl (C=O) groups excluding carboxylic acids is 1. The van der Waals surface area contributed by atoms with Crippen LogP contribution < -0.4 is 10.0 Å². The van der Waals surface area contributed by atoms with E-state index in [1.54, 1.807) is 7.05 Å².